The second-order valence-electron chi connectivity index (χ2n) is 34.1. The van der Waals surface area contributed by atoms with Crippen LogP contribution >= 0.6 is 0 Å². The molecule has 5 heterocycles. The van der Waals surface area contributed by atoms with Crippen LogP contribution in [0.2, 0.25) is 0 Å². The van der Waals surface area contributed by atoms with Crippen LogP contribution in [0.25, 0.3) is 44.4 Å². The number of carboxylic acids is 2. The molecule has 0 saturated heterocycles. The van der Waals surface area contributed by atoms with Crippen LogP contribution in [0.5, 0.6) is 0 Å². The van der Waals surface area contributed by atoms with Crippen molar-refractivity contribution in [3.63, 3.8) is 0 Å². The Bertz CT molecular complexity index is 3850. The predicted octanol–water partition coefficient (Wildman–Crippen LogP) is 15.6. The lowest BCUT2D eigenvalue weighted by Crippen LogP contribution is -2.51. The number of esters is 4. The highest BCUT2D eigenvalue weighted by molar-refractivity contribution is 5.97. The molecule has 0 spiro atoms. The van der Waals surface area contributed by atoms with Gasteiger partial charge in [0.1, 0.15) is 13.2 Å². The highest BCUT2D eigenvalue weighted by Gasteiger charge is 2.60. The molecule has 498 valence electrons. The second kappa shape index (κ2) is 22.5. The van der Waals surface area contributed by atoms with Crippen LogP contribution in [0.3, 0.4) is 0 Å². The van der Waals surface area contributed by atoms with Crippen LogP contribution in [0.4, 0.5) is 0 Å². The summed E-state index contributed by atoms with van der Waals surface area (Å²) in [5.41, 5.74) is 8.00. The number of ether oxygens (including phenoxy) is 4. The molecule has 18 aliphatic rings. The predicted molar refractivity (Wildman–Crippen MR) is 351 cm³/mol. The summed E-state index contributed by atoms with van der Waals surface area (Å²) in [7, 11) is 0. The molecule has 16 fully saturated rings. The summed E-state index contributed by atoms with van der Waals surface area (Å²) in [5.74, 6) is 3.13. The number of fused-ring (bicyclic) bond motifs is 8. The number of rotatable bonds is 18. The fraction of sp³-hybridized carbons (Fsp3) is 0.667. The third-order valence-corrected chi connectivity index (χ3v) is 27.6. The van der Waals surface area contributed by atoms with E-state index in [0.29, 0.717) is 133 Å². The summed E-state index contributed by atoms with van der Waals surface area (Å²) in [4.78, 5) is 104. The van der Waals surface area contributed by atoms with Gasteiger partial charge in [0.15, 0.2) is 12.2 Å². The number of hydrogen-bond acceptors (Lipinski definition) is 12. The van der Waals surface area contributed by atoms with Gasteiger partial charge in [0.25, 0.3) is 0 Å². The summed E-state index contributed by atoms with van der Waals surface area (Å²) in [6.07, 6.45) is 21.6. The Kier molecular flexibility index (Phi) is 14.6. The van der Waals surface area contributed by atoms with Crippen LogP contribution in [-0.2, 0) is 47.7 Å². The molecule has 3 aromatic heterocycles. The molecule has 16 saturated carbocycles. The quantitative estimate of drug-likeness (QED) is 0.0685. The zero-order valence-corrected chi connectivity index (χ0v) is 55.5. The summed E-state index contributed by atoms with van der Waals surface area (Å²) < 4.78 is 27.7. The molecule has 16 nitrogen and oxygen atoms in total. The topological polar surface area (TPSA) is 237 Å². The van der Waals surface area contributed by atoms with Gasteiger partial charge < -0.3 is 39.1 Å². The maximum absolute atomic E-state index is 15.6. The zero-order chi connectivity index (χ0) is 64.5. The number of aromatic amines is 2. The Morgan fingerprint density at radius 1 is 0.404 bits per heavy atom. The van der Waals surface area contributed by atoms with Gasteiger partial charge in [-0.1, -0.05) is 0 Å². The van der Waals surface area contributed by atoms with Crippen molar-refractivity contribution >= 4 is 80.2 Å². The van der Waals surface area contributed by atoms with Crippen molar-refractivity contribution < 1.29 is 57.9 Å². The van der Waals surface area contributed by atoms with Crippen molar-refractivity contribution in [3.05, 3.63) is 69.3 Å². The van der Waals surface area contributed by atoms with Crippen LogP contribution < -0.4 is 0 Å². The average molecular weight is 1280 g/mol. The molecule has 3 aromatic rings. The lowest BCUT2D eigenvalue weighted by atomic mass is 9.49. The molecule has 2 unspecified atom stereocenters. The summed E-state index contributed by atoms with van der Waals surface area (Å²) in [6.45, 7) is 7.52. The SMILES string of the molecule is CC1=C(CCC(=O)O)c2cc3nc(cc4[nH]c(cc5[nH]c(cc1n2)c(C)c5C(COC(=O)C12CC5CC(CC(C5)C1)C2)OC(=O)C12CC5CC(CC(C5)C1)C2)c(C)c4C(COC(=O)C12CC4CC(CC(C4)C1)C2)OC(=O)C12CC4CC(CC(C4)C1)C2)C(C)=C3CCC(=O)O. The molecule has 4 N–H and O–H groups in total. The third-order valence-electron chi connectivity index (χ3n) is 27.6. The summed E-state index contributed by atoms with van der Waals surface area (Å²) >= 11 is 0. The Morgan fingerprint density at radius 3 is 0.989 bits per heavy atom. The minimum Gasteiger partial charge on any atom is -0.481 e. The first-order valence-electron chi connectivity index (χ1n) is 36.5. The number of allylic oxidation sites excluding steroid dienone is 4. The maximum atomic E-state index is 15.6. The lowest BCUT2D eigenvalue weighted by molar-refractivity contribution is -0.187. The van der Waals surface area contributed by atoms with E-state index in [1.807, 2.05) is 52.0 Å². The number of hydrogen-bond donors (Lipinski definition) is 4. The van der Waals surface area contributed by atoms with E-state index < -0.39 is 45.8 Å². The molecular weight excluding hydrogens is 1180 g/mol. The summed E-state index contributed by atoms with van der Waals surface area (Å²) in [5, 5.41) is 20.3. The maximum Gasteiger partial charge on any atom is 0.312 e. The van der Waals surface area contributed by atoms with Gasteiger partial charge in [-0.2, -0.15) is 0 Å². The van der Waals surface area contributed by atoms with Gasteiger partial charge in [-0.05, 0) is 323 Å². The minimum atomic E-state index is -1.05. The van der Waals surface area contributed by atoms with Crippen molar-refractivity contribution in [2.45, 2.75) is 220 Å². The number of aryl methyl sites for hydroxylation is 2. The lowest BCUT2D eigenvalue weighted by Gasteiger charge is -2.55. The Hall–Kier alpha value is -6.58. The van der Waals surface area contributed by atoms with Gasteiger partial charge in [-0.15, -0.1) is 0 Å². The number of aliphatic carboxylic acids is 2. The van der Waals surface area contributed by atoms with E-state index in [-0.39, 0.29) is 62.8 Å². The van der Waals surface area contributed by atoms with Crippen molar-refractivity contribution in [2.24, 2.45) is 92.7 Å². The first-order chi connectivity index (χ1) is 45.1. The number of nitrogens with one attached hydrogen (secondary N) is 2. The van der Waals surface area contributed by atoms with Crippen LogP contribution in [0, 0.1) is 107 Å². The zero-order valence-electron chi connectivity index (χ0n) is 55.5. The molecule has 0 radical (unpaired) electrons. The van der Waals surface area contributed by atoms with Gasteiger partial charge in [0, 0.05) is 46.0 Å². The molecule has 16 heteroatoms. The van der Waals surface area contributed by atoms with Crippen LogP contribution in [0.1, 0.15) is 251 Å². The van der Waals surface area contributed by atoms with E-state index in [0.717, 1.165) is 143 Å². The number of nitrogens with zero attached hydrogens (tertiary/aromatic N) is 2. The molecule has 2 aliphatic heterocycles. The minimum absolute atomic E-state index is 0.155. The molecule has 16 aliphatic carbocycles. The third kappa shape index (κ3) is 10.4. The smallest absolute Gasteiger partial charge is 0.312 e. The van der Waals surface area contributed by atoms with Crippen molar-refractivity contribution in [3.8, 4) is 0 Å². The summed E-state index contributed by atoms with van der Waals surface area (Å²) in [6, 6.07) is 7.77. The Balaban J connectivity index is 0.853. The van der Waals surface area contributed by atoms with Crippen molar-refractivity contribution in [1.82, 2.24) is 19.9 Å². The van der Waals surface area contributed by atoms with Crippen LogP contribution in [-0.4, -0.2) is 79.2 Å². The number of carbonyl (C=O) groups excluding carboxylic acids is 4. The molecule has 0 amide bonds. The van der Waals surface area contributed by atoms with Gasteiger partial charge in [0.05, 0.1) is 44.4 Å². The highest BCUT2D eigenvalue weighted by Crippen LogP contribution is 2.65. The monoisotopic (exact) mass is 1280 g/mol. The molecule has 24 bridgehead atoms. The van der Waals surface area contributed by atoms with Gasteiger partial charge in [-0.25, -0.2) is 9.97 Å². The Morgan fingerprint density at radius 2 is 0.681 bits per heavy atom. The number of aromatic nitrogens is 4. The molecule has 94 heavy (non-hydrogen) atoms. The van der Waals surface area contributed by atoms with Crippen molar-refractivity contribution in [1.29, 1.82) is 0 Å². The first kappa shape index (κ1) is 61.0. The highest BCUT2D eigenvalue weighted by atomic mass is 16.6. The van der Waals surface area contributed by atoms with Crippen LogP contribution in [0.15, 0.2) is 24.3 Å². The second-order valence-corrected chi connectivity index (χ2v) is 34.1. The first-order valence-corrected chi connectivity index (χ1v) is 36.5. The molecular formula is C78H94N4O12. The fourth-order valence-corrected chi connectivity index (χ4v) is 25.0. The van der Waals surface area contributed by atoms with Gasteiger partial charge >= 0.3 is 35.8 Å². The largest absolute Gasteiger partial charge is 0.481 e. The average Bonchev–Trinajstić information content (AvgIpc) is 1.14. The van der Waals surface area contributed by atoms with E-state index in [1.54, 1.807) is 0 Å². The van der Waals surface area contributed by atoms with E-state index >= 15 is 19.2 Å². The Labute approximate surface area is 550 Å². The molecule has 2 atom stereocenters. The van der Waals surface area contributed by atoms with Gasteiger partial charge in [-0.3, -0.25) is 28.8 Å². The van der Waals surface area contributed by atoms with Crippen molar-refractivity contribution in [2.75, 3.05) is 13.2 Å². The number of H-pyrrole nitrogens is 2. The standard InChI is InChI=1S/C78H94N4O12/c1-39-55(5-7-67(83)84)61-24-62-56(6-8-68(85)86)40(2)58(80-62)22-63-70(66(94-74(90)78-34-52-18-53(35-78)20-54(19-52)36-78)38-92-72(88)76-28-46-12-47(29-76)14-48(13-46)30-76)42(4)60(82-63)23-64-69(41(3)59(81-64)21-57(39)79-61)65(93-73(89)77-31-49-15-50(32-77)17-51(16-49)33-77)37-91-71(87)75-25-43-9-44(26-75)11-45(10-43)27-75/h21-24,43-54,65-66,81-82H,5-20,25-38H2,1-4H3,(H,83,84)(H,85,86). The van der Waals surface area contributed by atoms with Gasteiger partial charge in [0.2, 0.25) is 0 Å². The van der Waals surface area contributed by atoms with E-state index in [9.17, 15) is 19.8 Å². The fourth-order valence-electron chi connectivity index (χ4n) is 25.0. The van der Waals surface area contributed by atoms with E-state index in [2.05, 4.69) is 9.97 Å². The van der Waals surface area contributed by atoms with E-state index in [4.69, 9.17) is 28.9 Å². The molecule has 21 rings (SSSR count). The normalized spacial score (nSPS) is 36.3. The number of carboxylic acid groups (broad SMARTS) is 2. The molecule has 0 aromatic carbocycles. The van der Waals surface area contributed by atoms with E-state index in [1.165, 1.54) is 38.5 Å². The number of carbonyl (C=O) groups is 6.